The van der Waals surface area contributed by atoms with Crippen LogP contribution in [0.3, 0.4) is 0 Å². The fourth-order valence-electron chi connectivity index (χ4n) is 5.53. The molecule has 0 spiro atoms. The molecule has 0 amide bonds. The summed E-state index contributed by atoms with van der Waals surface area (Å²) in [6.07, 6.45) is 17.6. The van der Waals surface area contributed by atoms with Gasteiger partial charge in [-0.3, -0.25) is 0 Å². The molecule has 0 unspecified atom stereocenters. The molecule has 1 aliphatic rings. The van der Waals surface area contributed by atoms with Gasteiger partial charge in [-0.2, -0.15) is 18.3 Å². The van der Waals surface area contributed by atoms with Gasteiger partial charge in [-0.25, -0.2) is 0 Å². The van der Waals surface area contributed by atoms with Gasteiger partial charge in [0, 0.05) is 52.8 Å². The van der Waals surface area contributed by atoms with E-state index in [-0.39, 0.29) is 5.41 Å². The Hall–Kier alpha value is -3.92. The van der Waals surface area contributed by atoms with E-state index in [1.807, 2.05) is 0 Å². The number of nitrogens with zero attached hydrogens (tertiary/aromatic N) is 4. The summed E-state index contributed by atoms with van der Waals surface area (Å²) in [5.74, 6) is 0. The normalized spacial score (nSPS) is 13.5. The lowest BCUT2D eigenvalue weighted by molar-refractivity contribution is -0.778. The van der Waals surface area contributed by atoms with Gasteiger partial charge in [-0.1, -0.05) is 32.0 Å². The van der Waals surface area contributed by atoms with Gasteiger partial charge in [0.15, 0.2) is 49.6 Å². The van der Waals surface area contributed by atoms with E-state index >= 15 is 0 Å². The van der Waals surface area contributed by atoms with Crippen molar-refractivity contribution in [3.05, 3.63) is 121 Å². The van der Waals surface area contributed by atoms with E-state index in [1.165, 1.54) is 33.0 Å². The molecule has 1 aliphatic carbocycles. The molecule has 5 aromatic rings. The fourth-order valence-corrected chi connectivity index (χ4v) is 5.53. The zero-order valence-electron chi connectivity index (χ0n) is 20.5. The second kappa shape index (κ2) is 8.70. The van der Waals surface area contributed by atoms with Crippen LogP contribution in [0.5, 0.6) is 0 Å². The van der Waals surface area contributed by atoms with E-state index in [0.717, 1.165) is 26.2 Å². The molecule has 172 valence electrons. The van der Waals surface area contributed by atoms with Gasteiger partial charge in [0.1, 0.15) is 0 Å². The highest BCUT2D eigenvalue weighted by molar-refractivity contribution is 5.96. The smallest absolute Gasteiger partial charge is 0.198 e. The molecular formula is C31H32N4+4. The first-order valence-electron chi connectivity index (χ1n) is 12.5. The molecule has 4 aromatic heterocycles. The lowest BCUT2D eigenvalue weighted by atomic mass is 9.81. The summed E-state index contributed by atoms with van der Waals surface area (Å²) < 4.78 is 9.10. The van der Waals surface area contributed by atoms with Gasteiger partial charge in [0.25, 0.3) is 0 Å². The molecule has 35 heavy (non-hydrogen) atoms. The Morgan fingerprint density at radius 3 is 1.77 bits per heavy atom. The first kappa shape index (κ1) is 21.6. The highest BCUT2D eigenvalue weighted by Gasteiger charge is 2.39. The number of rotatable bonds is 6. The molecule has 0 bridgehead atoms. The maximum absolute atomic E-state index is 2.38. The van der Waals surface area contributed by atoms with Gasteiger partial charge in [-0.15, -0.1) is 0 Å². The second-order valence-corrected chi connectivity index (χ2v) is 10.0. The van der Waals surface area contributed by atoms with Crippen molar-refractivity contribution in [2.75, 3.05) is 0 Å². The summed E-state index contributed by atoms with van der Waals surface area (Å²) in [7, 11) is 0. The third-order valence-corrected chi connectivity index (χ3v) is 7.41. The molecular weight excluding hydrogens is 428 g/mol. The first-order chi connectivity index (χ1) is 17.1. The summed E-state index contributed by atoms with van der Waals surface area (Å²) >= 11 is 0. The number of aryl methyl sites for hydroxylation is 4. The van der Waals surface area contributed by atoms with E-state index in [2.05, 4.69) is 142 Å². The Kier molecular flexibility index (Phi) is 5.37. The summed E-state index contributed by atoms with van der Waals surface area (Å²) in [6.45, 7) is 8.57. The minimum absolute atomic E-state index is 0.0425. The molecule has 0 N–H and O–H groups in total. The van der Waals surface area contributed by atoms with Crippen LogP contribution in [-0.2, 0) is 31.6 Å². The van der Waals surface area contributed by atoms with Crippen LogP contribution in [0.25, 0.3) is 21.9 Å². The van der Waals surface area contributed by atoms with Crippen molar-refractivity contribution < 1.29 is 18.3 Å². The van der Waals surface area contributed by atoms with Crippen LogP contribution in [-0.4, -0.2) is 0 Å². The molecule has 0 radical (unpaired) electrons. The zero-order chi connectivity index (χ0) is 23.8. The zero-order valence-corrected chi connectivity index (χ0v) is 20.5. The monoisotopic (exact) mass is 460 g/mol. The van der Waals surface area contributed by atoms with Gasteiger partial charge >= 0.3 is 0 Å². The van der Waals surface area contributed by atoms with Crippen molar-refractivity contribution in [2.24, 2.45) is 0 Å². The van der Waals surface area contributed by atoms with E-state index in [9.17, 15) is 0 Å². The van der Waals surface area contributed by atoms with E-state index in [1.54, 1.807) is 0 Å². The molecule has 4 heteroatoms. The number of aromatic nitrogens is 4. The molecule has 4 nitrogen and oxygen atoms in total. The quantitative estimate of drug-likeness (QED) is 0.344. The molecule has 1 aromatic carbocycles. The standard InChI is InChI=1S/C31H32N4/c1-31(2)29-24-35(22-20-33-15-7-4-8-16-33)18-12-27(29)28-10-9-25-23-34(17-11-26(25)30(28)31)21-19-32-13-5-3-6-14-32/h3-18,23-24H,19-22H2,1-2H3/q+4. The topological polar surface area (TPSA) is 15.5 Å². The number of hydrogen-bond acceptors (Lipinski definition) is 0. The largest absolute Gasteiger partial charge is 0.206 e. The highest BCUT2D eigenvalue weighted by atomic mass is 15.0. The van der Waals surface area contributed by atoms with E-state index in [4.69, 9.17) is 0 Å². The Morgan fingerprint density at radius 1 is 0.543 bits per heavy atom. The maximum Gasteiger partial charge on any atom is 0.206 e. The second-order valence-electron chi connectivity index (χ2n) is 10.0. The van der Waals surface area contributed by atoms with Crippen LogP contribution in [0.4, 0.5) is 0 Å². The summed E-state index contributed by atoms with van der Waals surface area (Å²) in [4.78, 5) is 0. The average molecular weight is 461 g/mol. The molecule has 0 saturated heterocycles. The summed E-state index contributed by atoms with van der Waals surface area (Å²) in [5.41, 5.74) is 5.56. The van der Waals surface area contributed by atoms with Crippen LogP contribution < -0.4 is 18.3 Å². The van der Waals surface area contributed by atoms with Gasteiger partial charge < -0.3 is 0 Å². The van der Waals surface area contributed by atoms with Crippen molar-refractivity contribution in [2.45, 2.75) is 45.4 Å². The highest BCUT2D eigenvalue weighted by Crippen LogP contribution is 2.50. The van der Waals surface area contributed by atoms with Crippen molar-refractivity contribution in [1.82, 2.24) is 0 Å². The van der Waals surface area contributed by atoms with Gasteiger partial charge in [-0.05, 0) is 28.1 Å². The Morgan fingerprint density at radius 2 is 1.11 bits per heavy atom. The molecule has 6 rings (SSSR count). The maximum atomic E-state index is 2.38. The van der Waals surface area contributed by atoms with Crippen molar-refractivity contribution in [1.29, 1.82) is 0 Å². The minimum Gasteiger partial charge on any atom is -0.198 e. The van der Waals surface area contributed by atoms with Crippen molar-refractivity contribution in [3.8, 4) is 11.1 Å². The van der Waals surface area contributed by atoms with Crippen LogP contribution in [0.1, 0.15) is 25.0 Å². The van der Waals surface area contributed by atoms with E-state index in [0.29, 0.717) is 0 Å². The van der Waals surface area contributed by atoms with Gasteiger partial charge in [0.2, 0.25) is 26.2 Å². The molecule has 0 fully saturated rings. The molecule has 0 saturated carbocycles. The average Bonchev–Trinajstić information content (AvgIpc) is 3.13. The third-order valence-electron chi connectivity index (χ3n) is 7.41. The summed E-state index contributed by atoms with van der Waals surface area (Å²) in [5, 5.41) is 2.66. The number of hydrogen-bond donors (Lipinski definition) is 0. The Bertz CT molecular complexity index is 1510. The Balaban J connectivity index is 1.30. The lowest BCUT2D eigenvalue weighted by Gasteiger charge is -2.21. The van der Waals surface area contributed by atoms with Crippen LogP contribution >= 0.6 is 0 Å². The molecule has 0 atom stereocenters. The van der Waals surface area contributed by atoms with Gasteiger partial charge in [0.05, 0.1) is 0 Å². The molecule has 0 aliphatic heterocycles. The van der Waals surface area contributed by atoms with Crippen molar-refractivity contribution >= 4 is 10.8 Å². The van der Waals surface area contributed by atoms with Crippen LogP contribution in [0, 0.1) is 0 Å². The predicted octanol–water partition coefficient (Wildman–Crippen LogP) is 3.70. The lowest BCUT2D eigenvalue weighted by Crippen LogP contribution is -2.44. The van der Waals surface area contributed by atoms with Crippen molar-refractivity contribution in [3.63, 3.8) is 0 Å². The molecule has 4 heterocycles. The van der Waals surface area contributed by atoms with E-state index < -0.39 is 0 Å². The SMILES string of the molecule is CC1(C)c2c[n+](CC[n+]3ccccc3)ccc2-c2ccc3c[n+](CC[n+]4ccccc4)ccc3c21. The number of benzene rings is 1. The third kappa shape index (κ3) is 3.99. The summed E-state index contributed by atoms with van der Waals surface area (Å²) in [6, 6.07) is 21.7. The Labute approximate surface area is 207 Å². The first-order valence-corrected chi connectivity index (χ1v) is 12.5. The predicted molar refractivity (Wildman–Crippen MR) is 135 cm³/mol. The number of pyridine rings is 4. The number of fused-ring (bicyclic) bond motifs is 5. The van der Waals surface area contributed by atoms with Crippen LogP contribution in [0.2, 0.25) is 0 Å². The minimum atomic E-state index is -0.0425. The van der Waals surface area contributed by atoms with Crippen LogP contribution in [0.15, 0.2) is 110 Å². The fraction of sp³-hybridized carbons (Fsp3) is 0.226.